The van der Waals surface area contributed by atoms with Gasteiger partial charge in [0.15, 0.2) is 0 Å². The van der Waals surface area contributed by atoms with Gasteiger partial charge in [-0.3, -0.25) is 9.36 Å². The van der Waals surface area contributed by atoms with Crippen molar-refractivity contribution < 1.29 is 9.53 Å². The predicted octanol–water partition coefficient (Wildman–Crippen LogP) is 2.23. The molecular weight excluding hydrogens is 304 g/mol. The van der Waals surface area contributed by atoms with Crippen LogP contribution in [0.5, 0.6) is 5.75 Å². The van der Waals surface area contributed by atoms with Crippen LogP contribution >= 0.6 is 0 Å². The first-order valence-electron chi connectivity index (χ1n) is 7.72. The van der Waals surface area contributed by atoms with E-state index in [1.807, 2.05) is 38.5 Å². The zero-order chi connectivity index (χ0) is 17.1. The van der Waals surface area contributed by atoms with Crippen molar-refractivity contribution in [1.29, 1.82) is 0 Å². The summed E-state index contributed by atoms with van der Waals surface area (Å²) >= 11 is 0. The predicted molar refractivity (Wildman–Crippen MR) is 92.5 cm³/mol. The Morgan fingerprint density at radius 1 is 1.25 bits per heavy atom. The van der Waals surface area contributed by atoms with Gasteiger partial charge in [-0.15, -0.1) is 0 Å². The number of aromatic nitrogens is 3. The number of ether oxygens (including phenoxy) is 1. The van der Waals surface area contributed by atoms with Gasteiger partial charge in [0, 0.05) is 36.6 Å². The molecule has 0 fully saturated rings. The number of nitrogens with zero attached hydrogens (tertiary/aromatic N) is 4. The number of methoxy groups -OCH3 is 1. The van der Waals surface area contributed by atoms with Gasteiger partial charge in [-0.1, -0.05) is 0 Å². The fourth-order valence-electron chi connectivity index (χ4n) is 2.66. The van der Waals surface area contributed by atoms with E-state index in [1.165, 1.54) is 18.7 Å². The average Bonchev–Trinajstić information content (AvgIpc) is 2.97. The Labute approximate surface area is 140 Å². The average molecular weight is 324 g/mol. The molecule has 0 aliphatic heterocycles. The molecule has 6 heteroatoms. The Balaban J connectivity index is 2.10. The largest absolute Gasteiger partial charge is 0.497 e. The smallest absolute Gasteiger partial charge is 0.265 e. The number of hydrogen-bond acceptors (Lipinski definition) is 5. The van der Waals surface area contributed by atoms with Crippen LogP contribution in [0.1, 0.15) is 15.9 Å². The molecule has 3 rings (SSSR count). The molecule has 0 spiro atoms. The minimum Gasteiger partial charge on any atom is -0.497 e. The maximum Gasteiger partial charge on any atom is 0.265 e. The summed E-state index contributed by atoms with van der Waals surface area (Å²) in [5.41, 5.74) is 2.42. The lowest BCUT2D eigenvalue weighted by molar-refractivity contribution is 0.0964. The van der Waals surface area contributed by atoms with Crippen molar-refractivity contribution in [1.82, 2.24) is 19.4 Å². The van der Waals surface area contributed by atoms with Crippen molar-refractivity contribution in [3.63, 3.8) is 0 Å². The van der Waals surface area contributed by atoms with Gasteiger partial charge in [0.05, 0.1) is 18.2 Å². The Kier molecular flexibility index (Phi) is 4.57. The first kappa shape index (κ1) is 16.1. The third-order valence-electron chi connectivity index (χ3n) is 3.95. The quantitative estimate of drug-likeness (QED) is 0.720. The summed E-state index contributed by atoms with van der Waals surface area (Å²) in [5, 5.41) is 1.06. The molecule has 6 nitrogen and oxygen atoms in total. The molecular formula is C18H20N4O2. The van der Waals surface area contributed by atoms with Crippen LogP contribution in [0.25, 0.3) is 10.9 Å². The first-order chi connectivity index (χ1) is 11.6. The van der Waals surface area contributed by atoms with E-state index < -0.39 is 0 Å². The van der Waals surface area contributed by atoms with Gasteiger partial charge in [-0.2, -0.15) is 0 Å². The second-order valence-corrected chi connectivity index (χ2v) is 5.89. The number of carbonyl (C=O) groups excluding carboxylic acids is 1. The highest BCUT2D eigenvalue weighted by atomic mass is 16.5. The molecule has 0 unspecified atom stereocenters. The van der Waals surface area contributed by atoms with E-state index in [2.05, 4.69) is 14.9 Å². The van der Waals surface area contributed by atoms with Crippen molar-refractivity contribution >= 4 is 16.8 Å². The second-order valence-electron chi connectivity index (χ2n) is 5.89. The molecule has 0 bridgehead atoms. The third-order valence-corrected chi connectivity index (χ3v) is 3.95. The van der Waals surface area contributed by atoms with E-state index in [-0.39, 0.29) is 5.91 Å². The van der Waals surface area contributed by atoms with Gasteiger partial charge in [0.1, 0.15) is 12.1 Å². The summed E-state index contributed by atoms with van der Waals surface area (Å²) in [6.45, 7) is 0.910. The summed E-state index contributed by atoms with van der Waals surface area (Å²) in [6, 6.07) is 5.81. The topological polar surface area (TPSA) is 60.2 Å². The minimum absolute atomic E-state index is 0.148. The first-order valence-corrected chi connectivity index (χ1v) is 7.72. The molecule has 0 aliphatic rings. The van der Waals surface area contributed by atoms with Crippen molar-refractivity contribution in [2.45, 2.75) is 6.42 Å². The molecule has 2 aromatic heterocycles. The number of fused-ring (bicyclic) bond motifs is 1. The highest BCUT2D eigenvalue weighted by Gasteiger charge is 2.16. The molecule has 2 heterocycles. The van der Waals surface area contributed by atoms with Gasteiger partial charge < -0.3 is 9.64 Å². The molecule has 0 saturated carbocycles. The van der Waals surface area contributed by atoms with Gasteiger partial charge in [0.2, 0.25) is 0 Å². The maximum atomic E-state index is 12.8. The Bertz CT molecular complexity index is 856. The van der Waals surface area contributed by atoms with Crippen LogP contribution < -0.4 is 4.74 Å². The van der Waals surface area contributed by atoms with Gasteiger partial charge >= 0.3 is 0 Å². The lowest BCUT2D eigenvalue weighted by Crippen LogP contribution is -2.15. The van der Waals surface area contributed by atoms with E-state index in [4.69, 9.17) is 4.74 Å². The molecule has 0 radical (unpaired) electrons. The molecule has 0 aliphatic carbocycles. The number of benzene rings is 1. The Morgan fingerprint density at radius 2 is 2.00 bits per heavy atom. The number of likely N-dealkylation sites (N-methyl/N-ethyl adjacent to an activating group) is 1. The van der Waals surface area contributed by atoms with Crippen molar-refractivity contribution in [2.75, 3.05) is 27.7 Å². The summed E-state index contributed by atoms with van der Waals surface area (Å²) < 4.78 is 6.97. The molecule has 1 aromatic carbocycles. The van der Waals surface area contributed by atoms with Crippen LogP contribution in [-0.4, -0.2) is 53.1 Å². The maximum absolute atomic E-state index is 12.8. The third kappa shape index (κ3) is 3.14. The normalized spacial score (nSPS) is 11.2. The van der Waals surface area contributed by atoms with E-state index in [1.54, 1.807) is 11.7 Å². The number of hydrogen-bond donors (Lipinski definition) is 0. The molecule has 0 saturated heterocycles. The van der Waals surface area contributed by atoms with Crippen LogP contribution in [0.3, 0.4) is 0 Å². The van der Waals surface area contributed by atoms with Crippen molar-refractivity contribution in [2.24, 2.45) is 0 Å². The zero-order valence-electron chi connectivity index (χ0n) is 14.1. The van der Waals surface area contributed by atoms with Gasteiger partial charge in [0.25, 0.3) is 5.91 Å². The lowest BCUT2D eigenvalue weighted by Gasteiger charge is -2.08. The van der Waals surface area contributed by atoms with Crippen molar-refractivity contribution in [3.8, 4) is 5.75 Å². The fourth-order valence-corrected chi connectivity index (χ4v) is 2.66. The lowest BCUT2D eigenvalue weighted by atomic mass is 10.1. The zero-order valence-corrected chi connectivity index (χ0v) is 14.1. The summed E-state index contributed by atoms with van der Waals surface area (Å²) in [4.78, 5) is 22.8. The standard InChI is InChI=1S/C18H20N4O2/c1-21(2)7-6-13-11-22(18(23)14-9-19-12-20-10-14)17-8-15(24-3)4-5-16(13)17/h4-5,8-12H,6-7H2,1-3H3. The number of carbonyl (C=O) groups is 1. The van der Waals surface area contributed by atoms with Crippen LogP contribution in [0.4, 0.5) is 0 Å². The van der Waals surface area contributed by atoms with E-state index in [0.29, 0.717) is 5.56 Å². The van der Waals surface area contributed by atoms with Crippen molar-refractivity contribution in [3.05, 3.63) is 54.2 Å². The minimum atomic E-state index is -0.148. The SMILES string of the molecule is COc1ccc2c(CCN(C)C)cn(C(=O)c3cncnc3)c2c1. The van der Waals surface area contributed by atoms with Crippen LogP contribution in [0, 0.1) is 0 Å². The monoisotopic (exact) mass is 324 g/mol. The van der Waals surface area contributed by atoms with E-state index in [0.717, 1.165) is 35.2 Å². The summed E-state index contributed by atoms with van der Waals surface area (Å²) in [6.07, 6.45) is 7.24. The van der Waals surface area contributed by atoms with Crippen LogP contribution in [-0.2, 0) is 6.42 Å². The van der Waals surface area contributed by atoms with E-state index >= 15 is 0 Å². The Hall–Kier alpha value is -2.73. The highest BCUT2D eigenvalue weighted by molar-refractivity contribution is 6.03. The van der Waals surface area contributed by atoms with Crippen LogP contribution in [0.15, 0.2) is 43.1 Å². The fraction of sp³-hybridized carbons (Fsp3) is 0.278. The molecule has 24 heavy (non-hydrogen) atoms. The number of rotatable bonds is 5. The summed E-state index contributed by atoms with van der Waals surface area (Å²) in [5.74, 6) is 0.572. The summed E-state index contributed by atoms with van der Waals surface area (Å²) in [7, 11) is 5.69. The van der Waals surface area contributed by atoms with Gasteiger partial charge in [-0.25, -0.2) is 9.97 Å². The highest BCUT2D eigenvalue weighted by Crippen LogP contribution is 2.27. The second kappa shape index (κ2) is 6.80. The van der Waals surface area contributed by atoms with E-state index in [9.17, 15) is 4.79 Å². The molecule has 124 valence electrons. The van der Waals surface area contributed by atoms with Crippen LogP contribution in [0.2, 0.25) is 0 Å². The molecule has 0 amide bonds. The van der Waals surface area contributed by atoms with Gasteiger partial charge in [-0.05, 0) is 38.2 Å². The molecule has 3 aromatic rings. The Morgan fingerprint density at radius 3 is 2.67 bits per heavy atom. The molecule has 0 atom stereocenters. The molecule has 0 N–H and O–H groups in total.